The zero-order chi connectivity index (χ0) is 27.1. The minimum atomic E-state index is -4.50. The Morgan fingerprint density at radius 2 is 1.37 bits per heavy atom. The summed E-state index contributed by atoms with van der Waals surface area (Å²) in [7, 11) is 0. The van der Waals surface area contributed by atoms with E-state index in [1.165, 1.54) is 49.0 Å². The number of pyridine rings is 1. The van der Waals surface area contributed by atoms with Crippen molar-refractivity contribution in [3.8, 4) is 33.2 Å². The fourth-order valence-electron chi connectivity index (χ4n) is 4.58. The number of alkyl halides is 3. The molecule has 0 aliphatic carbocycles. The van der Waals surface area contributed by atoms with Gasteiger partial charge in [-0.3, -0.25) is 10.2 Å². The molecule has 0 saturated carbocycles. The van der Waals surface area contributed by atoms with E-state index in [2.05, 4.69) is 45.3 Å². The Labute approximate surface area is 226 Å². The summed E-state index contributed by atoms with van der Waals surface area (Å²) in [5, 5.41) is 13.4. The van der Waals surface area contributed by atoms with Gasteiger partial charge in [-0.15, -0.1) is 11.3 Å². The Morgan fingerprint density at radius 1 is 0.737 bits per heavy atom. The maximum Gasteiger partial charge on any atom is 0.432 e. The van der Waals surface area contributed by atoms with Crippen LogP contribution in [0.4, 0.5) is 13.2 Å². The molecule has 0 fully saturated rings. The van der Waals surface area contributed by atoms with Gasteiger partial charge >= 0.3 is 6.18 Å². The summed E-state index contributed by atoms with van der Waals surface area (Å²) >= 11 is 1.79. The van der Waals surface area contributed by atoms with Crippen LogP contribution in [0.15, 0.2) is 30.3 Å². The lowest BCUT2D eigenvalue weighted by Gasteiger charge is -2.08. The predicted molar refractivity (Wildman–Crippen MR) is 148 cm³/mol. The molecule has 5 nitrogen and oxygen atoms in total. The summed E-state index contributed by atoms with van der Waals surface area (Å²) in [5.74, 6) is 0. The van der Waals surface area contributed by atoms with Crippen molar-refractivity contribution in [3.05, 3.63) is 52.2 Å². The normalized spacial score (nSPS) is 11.9. The van der Waals surface area contributed by atoms with Gasteiger partial charge in [-0.1, -0.05) is 52.4 Å². The zero-order valence-corrected chi connectivity index (χ0v) is 23.2. The summed E-state index contributed by atoms with van der Waals surface area (Å²) in [6, 6.07) is 9.11. The van der Waals surface area contributed by atoms with Crippen molar-refractivity contribution in [2.75, 3.05) is 0 Å². The lowest BCUT2D eigenvalue weighted by atomic mass is 10.0. The average molecular weight is 544 g/mol. The van der Waals surface area contributed by atoms with Gasteiger partial charge in [0.1, 0.15) is 17.1 Å². The van der Waals surface area contributed by atoms with Crippen molar-refractivity contribution in [2.24, 2.45) is 0 Å². The highest BCUT2D eigenvalue weighted by Crippen LogP contribution is 2.38. The molecule has 0 bridgehead atoms. The average Bonchev–Trinajstić information content (AvgIpc) is 3.64. The van der Waals surface area contributed by atoms with Crippen LogP contribution in [0.1, 0.15) is 87.0 Å². The molecule has 0 atom stereocenters. The summed E-state index contributed by atoms with van der Waals surface area (Å²) in [4.78, 5) is 7.19. The molecule has 38 heavy (non-hydrogen) atoms. The second-order valence-electron chi connectivity index (χ2n) is 9.92. The number of nitrogens with one attached hydrogen (secondary N) is 2. The van der Waals surface area contributed by atoms with Gasteiger partial charge < -0.3 is 0 Å². The largest absolute Gasteiger partial charge is 0.432 e. The van der Waals surface area contributed by atoms with Crippen molar-refractivity contribution in [1.82, 2.24) is 25.4 Å². The first kappa shape index (κ1) is 28.1. The van der Waals surface area contributed by atoms with E-state index in [0.29, 0.717) is 17.1 Å². The molecule has 0 unspecified atom stereocenters. The van der Waals surface area contributed by atoms with E-state index < -0.39 is 11.9 Å². The van der Waals surface area contributed by atoms with Crippen LogP contribution in [0.2, 0.25) is 0 Å². The number of hydrogen-bond donors (Lipinski definition) is 2. The molecule has 0 radical (unpaired) electrons. The molecule has 0 amide bonds. The number of aromatic nitrogens is 5. The van der Waals surface area contributed by atoms with E-state index >= 15 is 0 Å². The van der Waals surface area contributed by atoms with Crippen LogP contribution in [0, 0.1) is 6.92 Å². The van der Waals surface area contributed by atoms with Crippen molar-refractivity contribution in [2.45, 2.75) is 91.2 Å². The number of unbranched alkanes of at least 4 members (excludes halogenated alkanes) is 6. The highest BCUT2D eigenvalue weighted by atomic mass is 32.1. The van der Waals surface area contributed by atoms with Crippen LogP contribution in [0.3, 0.4) is 0 Å². The molecule has 4 aromatic heterocycles. The molecule has 4 rings (SSSR count). The second-order valence-corrected chi connectivity index (χ2v) is 11.1. The number of nitrogens with zero attached hydrogens (tertiary/aromatic N) is 3. The van der Waals surface area contributed by atoms with E-state index in [1.54, 1.807) is 11.3 Å². The fourth-order valence-corrected chi connectivity index (χ4v) is 5.82. The van der Waals surface area contributed by atoms with Crippen LogP contribution < -0.4 is 0 Å². The molecule has 4 heterocycles. The third-order valence-corrected chi connectivity index (χ3v) is 7.92. The van der Waals surface area contributed by atoms with Gasteiger partial charge in [-0.25, -0.2) is 4.98 Å². The summed E-state index contributed by atoms with van der Waals surface area (Å²) < 4.78 is 39.8. The molecular formula is C29H36F3N5S. The van der Waals surface area contributed by atoms with Gasteiger partial charge in [0.15, 0.2) is 0 Å². The Hall–Kier alpha value is -2.94. The monoisotopic (exact) mass is 543 g/mol. The first-order valence-corrected chi connectivity index (χ1v) is 14.4. The fraction of sp³-hybridized carbons (Fsp3) is 0.483. The van der Waals surface area contributed by atoms with Crippen molar-refractivity contribution >= 4 is 11.3 Å². The number of thiophene rings is 1. The van der Waals surface area contributed by atoms with Crippen LogP contribution in [0.25, 0.3) is 33.2 Å². The lowest BCUT2D eigenvalue weighted by molar-refractivity contribution is -0.141. The highest BCUT2D eigenvalue weighted by Gasteiger charge is 2.33. The Kier molecular flexibility index (Phi) is 9.41. The highest BCUT2D eigenvalue weighted by molar-refractivity contribution is 7.15. The number of aryl methyl sites for hydroxylation is 3. The van der Waals surface area contributed by atoms with E-state index in [0.717, 1.165) is 47.9 Å². The molecule has 2 N–H and O–H groups in total. The van der Waals surface area contributed by atoms with E-state index in [4.69, 9.17) is 0 Å². The molecule has 0 aromatic carbocycles. The minimum Gasteiger partial charge on any atom is -0.282 e. The molecule has 0 aliphatic rings. The van der Waals surface area contributed by atoms with Crippen molar-refractivity contribution in [3.63, 3.8) is 0 Å². The maximum absolute atomic E-state index is 13.3. The number of rotatable bonds is 13. The Morgan fingerprint density at radius 3 is 1.95 bits per heavy atom. The molecule has 0 aliphatic heterocycles. The molecular weight excluding hydrogens is 507 g/mol. The van der Waals surface area contributed by atoms with Crippen molar-refractivity contribution < 1.29 is 13.2 Å². The van der Waals surface area contributed by atoms with Gasteiger partial charge in [0.25, 0.3) is 0 Å². The summed E-state index contributed by atoms with van der Waals surface area (Å²) in [6.07, 6.45) is 7.05. The van der Waals surface area contributed by atoms with Crippen LogP contribution in [-0.4, -0.2) is 25.4 Å². The first-order chi connectivity index (χ1) is 18.3. The molecule has 4 aromatic rings. The lowest BCUT2D eigenvalue weighted by Crippen LogP contribution is -2.04. The molecule has 9 heteroatoms. The van der Waals surface area contributed by atoms with Crippen molar-refractivity contribution in [1.29, 1.82) is 0 Å². The van der Waals surface area contributed by atoms with Gasteiger partial charge in [-0.2, -0.15) is 23.4 Å². The number of H-pyrrole nitrogens is 2. The number of hydrogen-bond acceptors (Lipinski definition) is 4. The predicted octanol–water partition coefficient (Wildman–Crippen LogP) is 9.16. The Bertz CT molecular complexity index is 1320. The quantitative estimate of drug-likeness (QED) is 0.165. The summed E-state index contributed by atoms with van der Waals surface area (Å²) in [5.41, 5.74) is 4.04. The molecule has 204 valence electrons. The summed E-state index contributed by atoms with van der Waals surface area (Å²) in [6.45, 7) is 6.33. The van der Waals surface area contributed by atoms with E-state index in [9.17, 15) is 13.2 Å². The molecule has 0 spiro atoms. The maximum atomic E-state index is 13.3. The minimum absolute atomic E-state index is 0.161. The smallest absolute Gasteiger partial charge is 0.282 e. The van der Waals surface area contributed by atoms with E-state index in [-0.39, 0.29) is 5.69 Å². The van der Waals surface area contributed by atoms with Crippen LogP contribution in [-0.2, 0) is 19.0 Å². The number of halogens is 3. The standard InChI is InChI=1S/C29H36F3N5S/c1-4-6-8-10-12-20-15-22(13-11-9-7-5-2)38-28(20)21-16-23(25-14-19(3)34-35-25)33-24(17-21)26-18-27(37-36-26)29(30,31)32/h14-18H,4-13H2,1-3H3,(H,34,35)(H,36,37). The SMILES string of the molecule is CCCCCCc1cc(CCCCCC)c(-c2cc(-c3cc(C)[nH]n3)nc(-c3cc(C(F)(F)F)[nH]n3)c2)s1. The topological polar surface area (TPSA) is 70.2 Å². The van der Waals surface area contributed by atoms with Crippen LogP contribution in [0.5, 0.6) is 0 Å². The van der Waals surface area contributed by atoms with Gasteiger partial charge in [0.05, 0.1) is 11.4 Å². The first-order valence-electron chi connectivity index (χ1n) is 13.6. The third kappa shape index (κ3) is 7.12. The van der Waals surface area contributed by atoms with Crippen LogP contribution >= 0.6 is 11.3 Å². The zero-order valence-electron chi connectivity index (χ0n) is 22.3. The number of aromatic amines is 2. The van der Waals surface area contributed by atoms with E-state index in [1.807, 2.05) is 25.1 Å². The molecule has 0 saturated heterocycles. The van der Waals surface area contributed by atoms with Gasteiger partial charge in [0, 0.05) is 15.4 Å². The third-order valence-electron chi connectivity index (χ3n) is 6.64. The van der Waals surface area contributed by atoms with Gasteiger partial charge in [-0.05, 0) is 74.1 Å². The Balaban J connectivity index is 1.76. The van der Waals surface area contributed by atoms with Gasteiger partial charge in [0.2, 0.25) is 0 Å². The second kappa shape index (κ2) is 12.7.